The van der Waals surface area contributed by atoms with Gasteiger partial charge in [-0.15, -0.1) is 11.8 Å². The molecule has 1 amide bonds. The van der Waals surface area contributed by atoms with Crippen LogP contribution in [0.2, 0.25) is 0 Å². The van der Waals surface area contributed by atoms with E-state index >= 15 is 0 Å². The van der Waals surface area contributed by atoms with Gasteiger partial charge in [-0.3, -0.25) is 4.79 Å². The lowest BCUT2D eigenvalue weighted by Gasteiger charge is -2.56. The molecule has 0 aromatic carbocycles. The van der Waals surface area contributed by atoms with Crippen LogP contribution < -0.4 is 5.32 Å². The van der Waals surface area contributed by atoms with Crippen molar-refractivity contribution in [3.63, 3.8) is 0 Å². The first-order valence-corrected chi connectivity index (χ1v) is 11.4. The maximum absolute atomic E-state index is 12.2. The van der Waals surface area contributed by atoms with Crippen molar-refractivity contribution < 1.29 is 13.2 Å². The first-order chi connectivity index (χ1) is 10.4. The zero-order valence-corrected chi connectivity index (χ0v) is 14.6. The number of hydrogen-bond donors (Lipinski definition) is 1. The first kappa shape index (κ1) is 15.3. The summed E-state index contributed by atoms with van der Waals surface area (Å²) in [6.45, 7) is 0. The fraction of sp³-hybridized carbons (Fsp3) is 0.938. The van der Waals surface area contributed by atoms with Crippen LogP contribution in [0.15, 0.2) is 0 Å². The highest BCUT2D eigenvalue weighted by Gasteiger charge is 2.51. The second-order valence-corrected chi connectivity index (χ2v) is 11.7. The zero-order chi connectivity index (χ0) is 15.4. The quantitative estimate of drug-likeness (QED) is 0.848. The van der Waals surface area contributed by atoms with Crippen molar-refractivity contribution in [1.29, 1.82) is 0 Å². The van der Waals surface area contributed by atoms with Crippen molar-refractivity contribution in [2.75, 3.05) is 17.3 Å². The number of hydrogen-bond acceptors (Lipinski definition) is 4. The first-order valence-electron chi connectivity index (χ1n) is 8.55. The molecule has 0 spiro atoms. The van der Waals surface area contributed by atoms with E-state index in [9.17, 15) is 13.2 Å². The predicted molar refractivity (Wildman–Crippen MR) is 88.6 cm³/mol. The summed E-state index contributed by atoms with van der Waals surface area (Å²) in [5, 5.41) is 2.93. The Hall–Kier alpha value is -0.230. The van der Waals surface area contributed by atoms with E-state index in [0.29, 0.717) is 16.9 Å². The number of sulfone groups is 1. The third-order valence-electron chi connectivity index (χ3n) is 6.09. The van der Waals surface area contributed by atoms with Crippen LogP contribution in [0, 0.1) is 17.8 Å². The summed E-state index contributed by atoms with van der Waals surface area (Å²) in [6.07, 6.45) is 8.75. The molecular formula is C16H25NO3S2. The molecule has 0 unspecified atom stereocenters. The van der Waals surface area contributed by atoms with Gasteiger partial charge >= 0.3 is 0 Å². The number of carbonyl (C=O) groups excluding carboxylic acids is 1. The summed E-state index contributed by atoms with van der Waals surface area (Å²) in [5.74, 6) is 3.59. The number of carbonyl (C=O) groups is 1. The number of rotatable bonds is 4. The average Bonchev–Trinajstić information content (AvgIpc) is 2.74. The van der Waals surface area contributed by atoms with Crippen LogP contribution in [0.1, 0.15) is 44.9 Å². The molecule has 1 heterocycles. The van der Waals surface area contributed by atoms with Crippen molar-refractivity contribution in [3.8, 4) is 0 Å². The zero-order valence-electron chi connectivity index (χ0n) is 12.9. The van der Waals surface area contributed by atoms with Gasteiger partial charge in [0.05, 0.1) is 17.3 Å². The Balaban J connectivity index is 1.30. The lowest BCUT2D eigenvalue weighted by molar-refractivity contribution is -0.119. The standard InChI is InChI=1S/C16H25NO3S2/c18-15(17-14-1-2-22(19,20)10-14)9-21-16-6-11-3-12(7-16)5-13(4-11)8-16/h11-14H,1-10H2,(H,17,18)/t11?,12?,13?,14-,16?/m1/s1. The van der Waals surface area contributed by atoms with E-state index < -0.39 is 9.84 Å². The molecule has 22 heavy (non-hydrogen) atoms. The highest BCUT2D eigenvalue weighted by molar-refractivity contribution is 8.01. The lowest BCUT2D eigenvalue weighted by Crippen LogP contribution is -2.49. The third kappa shape index (κ3) is 3.05. The van der Waals surface area contributed by atoms with Crippen molar-refractivity contribution in [2.24, 2.45) is 17.8 Å². The van der Waals surface area contributed by atoms with Crippen LogP contribution in [0.3, 0.4) is 0 Å². The molecule has 124 valence electrons. The molecule has 6 heteroatoms. The molecule has 1 aliphatic heterocycles. The van der Waals surface area contributed by atoms with Gasteiger partial charge in [-0.25, -0.2) is 8.42 Å². The van der Waals surface area contributed by atoms with E-state index in [1.165, 1.54) is 38.5 Å². The molecule has 0 aromatic rings. The highest BCUT2D eigenvalue weighted by atomic mass is 32.2. The van der Waals surface area contributed by atoms with Crippen molar-refractivity contribution in [2.45, 2.75) is 55.7 Å². The van der Waals surface area contributed by atoms with Gasteiger partial charge in [-0.1, -0.05) is 0 Å². The molecule has 0 radical (unpaired) electrons. The van der Waals surface area contributed by atoms with Crippen LogP contribution >= 0.6 is 11.8 Å². The largest absolute Gasteiger partial charge is 0.352 e. The minimum atomic E-state index is -2.91. The van der Waals surface area contributed by atoms with Crippen LogP contribution in [-0.4, -0.2) is 42.4 Å². The Morgan fingerprint density at radius 2 is 1.68 bits per heavy atom. The predicted octanol–water partition coefficient (Wildman–Crippen LogP) is 1.99. The minimum absolute atomic E-state index is 0.0304. The Labute approximate surface area is 137 Å². The van der Waals surface area contributed by atoms with E-state index in [4.69, 9.17) is 0 Å². The van der Waals surface area contributed by atoms with Crippen LogP contribution in [0.4, 0.5) is 0 Å². The Morgan fingerprint density at radius 3 is 2.18 bits per heavy atom. The summed E-state index contributed by atoms with van der Waals surface area (Å²) in [5.41, 5.74) is 0. The van der Waals surface area contributed by atoms with Crippen LogP contribution in [0.25, 0.3) is 0 Å². The van der Waals surface area contributed by atoms with Crippen molar-refractivity contribution in [1.82, 2.24) is 5.32 Å². The third-order valence-corrected chi connectivity index (χ3v) is 9.38. The van der Waals surface area contributed by atoms with Gasteiger partial charge in [-0.2, -0.15) is 0 Å². The molecule has 4 aliphatic carbocycles. The second-order valence-electron chi connectivity index (χ2n) is 8.06. The van der Waals surface area contributed by atoms with Gasteiger partial charge in [0, 0.05) is 10.8 Å². The lowest BCUT2D eigenvalue weighted by atomic mass is 9.56. The molecule has 4 nitrogen and oxygen atoms in total. The molecule has 5 aliphatic rings. The fourth-order valence-electron chi connectivity index (χ4n) is 5.60. The molecule has 1 atom stereocenters. The highest BCUT2D eigenvalue weighted by Crippen LogP contribution is 2.60. The maximum Gasteiger partial charge on any atom is 0.230 e. The van der Waals surface area contributed by atoms with E-state index in [1.807, 2.05) is 11.8 Å². The number of thioether (sulfide) groups is 1. The number of nitrogens with one attached hydrogen (secondary N) is 1. The summed E-state index contributed by atoms with van der Waals surface area (Å²) in [7, 11) is -2.91. The minimum Gasteiger partial charge on any atom is -0.352 e. The molecule has 4 saturated carbocycles. The van der Waals surface area contributed by atoms with Gasteiger partial charge < -0.3 is 5.32 Å². The van der Waals surface area contributed by atoms with E-state index in [0.717, 1.165) is 17.8 Å². The smallest absolute Gasteiger partial charge is 0.230 e. The molecule has 5 rings (SSSR count). The molecule has 5 fully saturated rings. The van der Waals surface area contributed by atoms with Crippen molar-refractivity contribution >= 4 is 27.5 Å². The number of amides is 1. The van der Waals surface area contributed by atoms with Gasteiger partial charge in [0.15, 0.2) is 9.84 Å². The molecule has 0 aromatic heterocycles. The topological polar surface area (TPSA) is 63.2 Å². The summed E-state index contributed by atoms with van der Waals surface area (Å²) in [4.78, 5) is 12.2. The SMILES string of the molecule is O=C(CSC12CC3CC(CC(C3)C1)C2)N[C@@H]1CCS(=O)(=O)C1. The van der Waals surface area contributed by atoms with Crippen LogP contribution in [-0.2, 0) is 14.6 Å². The van der Waals surface area contributed by atoms with Gasteiger partial charge in [0.25, 0.3) is 0 Å². The van der Waals surface area contributed by atoms with E-state index in [2.05, 4.69) is 5.32 Å². The normalized spacial score (nSPS) is 45.1. The molecule has 4 bridgehead atoms. The molecule has 1 N–H and O–H groups in total. The Kier molecular flexibility index (Phi) is 3.76. The fourth-order valence-corrected chi connectivity index (χ4v) is 8.86. The Bertz CT molecular complexity index is 537. The van der Waals surface area contributed by atoms with Gasteiger partial charge in [-0.05, 0) is 62.7 Å². The summed E-state index contributed by atoms with van der Waals surface area (Å²) < 4.78 is 23.3. The average molecular weight is 344 g/mol. The maximum atomic E-state index is 12.2. The van der Waals surface area contributed by atoms with E-state index in [-0.39, 0.29) is 23.5 Å². The Morgan fingerprint density at radius 1 is 1.09 bits per heavy atom. The summed E-state index contributed by atoms with van der Waals surface area (Å²) >= 11 is 1.86. The molecular weight excluding hydrogens is 318 g/mol. The van der Waals surface area contributed by atoms with E-state index in [1.54, 1.807) is 0 Å². The summed E-state index contributed by atoms with van der Waals surface area (Å²) in [6, 6.07) is -0.158. The second kappa shape index (κ2) is 5.40. The monoisotopic (exact) mass is 343 g/mol. The van der Waals surface area contributed by atoms with Gasteiger partial charge in [0.2, 0.25) is 5.91 Å². The van der Waals surface area contributed by atoms with Crippen molar-refractivity contribution in [3.05, 3.63) is 0 Å². The van der Waals surface area contributed by atoms with Crippen LogP contribution in [0.5, 0.6) is 0 Å². The van der Waals surface area contributed by atoms with Gasteiger partial charge in [0.1, 0.15) is 0 Å². The molecule has 1 saturated heterocycles.